The van der Waals surface area contributed by atoms with Crippen molar-refractivity contribution >= 4 is 11.5 Å². The summed E-state index contributed by atoms with van der Waals surface area (Å²) in [6.07, 6.45) is 4.67. The Kier molecular flexibility index (Phi) is 3.99. The molecule has 20 heavy (non-hydrogen) atoms. The lowest BCUT2D eigenvalue weighted by molar-refractivity contribution is -0.131. The first-order valence-corrected chi connectivity index (χ1v) is 6.41. The van der Waals surface area contributed by atoms with E-state index in [-0.39, 0.29) is 0 Å². The van der Waals surface area contributed by atoms with E-state index in [1.165, 1.54) is 17.2 Å². The molecule has 1 aromatic heterocycles. The molecule has 0 radical (unpaired) electrons. The van der Waals surface area contributed by atoms with Crippen LogP contribution in [0.25, 0.3) is 16.7 Å². The second-order valence-electron chi connectivity index (χ2n) is 4.93. The zero-order valence-corrected chi connectivity index (χ0v) is 11.8. The summed E-state index contributed by atoms with van der Waals surface area (Å²) in [4.78, 5) is 14.9. The van der Waals surface area contributed by atoms with E-state index in [2.05, 4.69) is 37.0 Å². The molecule has 0 saturated carbocycles. The molecule has 1 aromatic carbocycles. The van der Waals surface area contributed by atoms with Crippen molar-refractivity contribution in [2.75, 3.05) is 0 Å². The van der Waals surface area contributed by atoms with Crippen LogP contribution in [0.4, 0.5) is 0 Å². The fourth-order valence-electron chi connectivity index (χ4n) is 2.00. The number of carboxylic acid groups (broad SMARTS) is 1. The average Bonchev–Trinajstić information content (AvgIpc) is 2.41. The van der Waals surface area contributed by atoms with Crippen molar-refractivity contribution in [1.82, 2.24) is 4.98 Å². The Balaban J connectivity index is 2.44. The molecule has 0 amide bonds. The van der Waals surface area contributed by atoms with Crippen molar-refractivity contribution in [1.29, 1.82) is 0 Å². The lowest BCUT2D eigenvalue weighted by Gasteiger charge is -2.07. The predicted molar refractivity (Wildman–Crippen MR) is 80.4 cm³/mol. The fourth-order valence-corrected chi connectivity index (χ4v) is 2.00. The lowest BCUT2D eigenvalue weighted by Crippen LogP contribution is -1.92. The Morgan fingerprint density at radius 2 is 1.85 bits per heavy atom. The number of pyridine rings is 1. The molecule has 102 valence electrons. The van der Waals surface area contributed by atoms with E-state index in [0.29, 0.717) is 5.57 Å². The Bertz CT molecular complexity index is 687. The zero-order valence-electron chi connectivity index (χ0n) is 11.8. The van der Waals surface area contributed by atoms with Gasteiger partial charge in [0.25, 0.3) is 0 Å². The molecule has 3 nitrogen and oxygen atoms in total. The molecule has 1 heterocycles. The number of aryl methyl sites for hydroxylation is 2. The van der Waals surface area contributed by atoms with E-state index in [4.69, 9.17) is 5.11 Å². The van der Waals surface area contributed by atoms with Crippen LogP contribution in [0.1, 0.15) is 23.6 Å². The second kappa shape index (κ2) is 5.70. The maximum absolute atomic E-state index is 10.7. The normalized spacial score (nSPS) is 11.4. The minimum absolute atomic E-state index is 0.690. The van der Waals surface area contributed by atoms with Gasteiger partial charge >= 0.3 is 5.97 Å². The lowest BCUT2D eigenvalue weighted by atomic mass is 9.99. The van der Waals surface area contributed by atoms with Gasteiger partial charge in [0.05, 0.1) is 0 Å². The highest BCUT2D eigenvalue weighted by atomic mass is 16.4. The van der Waals surface area contributed by atoms with E-state index < -0.39 is 5.97 Å². The highest BCUT2D eigenvalue weighted by Gasteiger charge is 2.04. The monoisotopic (exact) mass is 267 g/mol. The Morgan fingerprint density at radius 3 is 2.50 bits per heavy atom. The molecular weight excluding hydrogens is 250 g/mol. The van der Waals surface area contributed by atoms with Gasteiger partial charge in [0, 0.05) is 24.0 Å². The molecule has 0 spiro atoms. The summed E-state index contributed by atoms with van der Waals surface area (Å²) in [5.41, 5.74) is 6.07. The largest absolute Gasteiger partial charge is 0.478 e. The van der Waals surface area contributed by atoms with Crippen molar-refractivity contribution < 1.29 is 9.90 Å². The highest BCUT2D eigenvalue weighted by molar-refractivity contribution is 5.89. The standard InChI is InChI=1S/C17H17NO2/c1-11-4-5-14(6-12(11)2)16-8-15(9-18-10-16)13(3)7-17(19)20/h4-10H,1-3H3,(H,19,20)/b13-7+. The van der Waals surface area contributed by atoms with E-state index in [0.717, 1.165) is 16.7 Å². The number of carbonyl (C=O) groups is 1. The molecule has 3 heteroatoms. The minimum atomic E-state index is -0.945. The number of aromatic nitrogens is 1. The van der Waals surface area contributed by atoms with Crippen LogP contribution in [0.2, 0.25) is 0 Å². The summed E-state index contributed by atoms with van der Waals surface area (Å²) < 4.78 is 0. The first kappa shape index (κ1) is 14.0. The fraction of sp³-hybridized carbons (Fsp3) is 0.176. The van der Waals surface area contributed by atoms with E-state index in [9.17, 15) is 4.79 Å². The zero-order chi connectivity index (χ0) is 14.7. The number of aliphatic carboxylic acids is 1. The summed E-state index contributed by atoms with van der Waals surface area (Å²) >= 11 is 0. The van der Waals surface area contributed by atoms with Gasteiger partial charge in [-0.05, 0) is 54.7 Å². The first-order valence-electron chi connectivity index (χ1n) is 6.41. The maximum Gasteiger partial charge on any atom is 0.328 e. The van der Waals surface area contributed by atoms with Crippen molar-refractivity contribution in [3.63, 3.8) is 0 Å². The van der Waals surface area contributed by atoms with Crippen molar-refractivity contribution in [2.24, 2.45) is 0 Å². The molecule has 0 fully saturated rings. The number of carboxylic acids is 1. The van der Waals surface area contributed by atoms with Gasteiger partial charge in [-0.3, -0.25) is 4.98 Å². The van der Waals surface area contributed by atoms with Crippen molar-refractivity contribution in [3.8, 4) is 11.1 Å². The van der Waals surface area contributed by atoms with Gasteiger partial charge < -0.3 is 5.11 Å². The van der Waals surface area contributed by atoms with Crippen LogP contribution >= 0.6 is 0 Å². The Labute approximate surface area is 118 Å². The summed E-state index contributed by atoms with van der Waals surface area (Å²) in [7, 11) is 0. The van der Waals surface area contributed by atoms with Gasteiger partial charge in [-0.1, -0.05) is 18.2 Å². The van der Waals surface area contributed by atoms with E-state index in [1.54, 1.807) is 19.3 Å². The minimum Gasteiger partial charge on any atom is -0.478 e. The molecule has 0 bridgehead atoms. The highest BCUT2D eigenvalue weighted by Crippen LogP contribution is 2.24. The number of allylic oxidation sites excluding steroid dienone is 1. The van der Waals surface area contributed by atoms with Gasteiger partial charge in [0.2, 0.25) is 0 Å². The Hall–Kier alpha value is -2.42. The second-order valence-corrected chi connectivity index (χ2v) is 4.93. The molecule has 0 unspecified atom stereocenters. The molecule has 0 aliphatic heterocycles. The number of nitrogens with zero attached hydrogens (tertiary/aromatic N) is 1. The molecule has 2 aromatic rings. The smallest absolute Gasteiger partial charge is 0.328 e. The summed E-state index contributed by atoms with van der Waals surface area (Å²) in [5, 5.41) is 8.80. The van der Waals surface area contributed by atoms with Crippen LogP contribution in [0.5, 0.6) is 0 Å². The molecule has 0 atom stereocenters. The summed E-state index contributed by atoms with van der Waals surface area (Å²) in [6.45, 7) is 5.93. The summed E-state index contributed by atoms with van der Waals surface area (Å²) in [6, 6.07) is 8.22. The van der Waals surface area contributed by atoms with Gasteiger partial charge in [-0.15, -0.1) is 0 Å². The van der Waals surface area contributed by atoms with Gasteiger partial charge in [-0.2, -0.15) is 0 Å². The van der Waals surface area contributed by atoms with Gasteiger partial charge in [-0.25, -0.2) is 4.79 Å². The third-order valence-corrected chi connectivity index (χ3v) is 3.37. The Morgan fingerprint density at radius 1 is 1.10 bits per heavy atom. The number of benzene rings is 1. The quantitative estimate of drug-likeness (QED) is 0.859. The van der Waals surface area contributed by atoms with Crippen molar-refractivity contribution in [2.45, 2.75) is 20.8 Å². The van der Waals surface area contributed by atoms with Crippen LogP contribution in [-0.2, 0) is 4.79 Å². The molecule has 2 rings (SSSR count). The van der Waals surface area contributed by atoms with Gasteiger partial charge in [0.15, 0.2) is 0 Å². The molecule has 0 aliphatic carbocycles. The average molecular weight is 267 g/mol. The van der Waals surface area contributed by atoms with Crippen LogP contribution in [-0.4, -0.2) is 16.1 Å². The summed E-state index contributed by atoms with van der Waals surface area (Å²) in [5.74, 6) is -0.945. The molecule has 0 aliphatic rings. The number of hydrogen-bond donors (Lipinski definition) is 1. The molecular formula is C17H17NO2. The molecule has 0 saturated heterocycles. The molecule has 1 N–H and O–H groups in total. The maximum atomic E-state index is 10.7. The van der Waals surface area contributed by atoms with Crippen LogP contribution < -0.4 is 0 Å². The third kappa shape index (κ3) is 3.12. The first-order chi connectivity index (χ1) is 9.47. The van der Waals surface area contributed by atoms with Crippen LogP contribution in [0.3, 0.4) is 0 Å². The number of hydrogen-bond acceptors (Lipinski definition) is 2. The van der Waals surface area contributed by atoms with Crippen molar-refractivity contribution in [3.05, 3.63) is 59.4 Å². The third-order valence-electron chi connectivity index (χ3n) is 3.37. The SMILES string of the molecule is C/C(=C\C(=O)O)c1cncc(-c2ccc(C)c(C)c2)c1. The van der Waals surface area contributed by atoms with E-state index >= 15 is 0 Å². The predicted octanol–water partition coefficient (Wildman–Crippen LogP) is 3.85. The van der Waals surface area contributed by atoms with Crippen LogP contribution in [0, 0.1) is 13.8 Å². The van der Waals surface area contributed by atoms with Crippen LogP contribution in [0.15, 0.2) is 42.7 Å². The topological polar surface area (TPSA) is 50.2 Å². The number of rotatable bonds is 3. The van der Waals surface area contributed by atoms with E-state index in [1.807, 2.05) is 6.07 Å². The van der Waals surface area contributed by atoms with Gasteiger partial charge in [0.1, 0.15) is 0 Å².